The summed E-state index contributed by atoms with van der Waals surface area (Å²) in [7, 11) is 0. The smallest absolute Gasteiger partial charge is 0.0176 e. The molecular formula is C12H25N. The van der Waals surface area contributed by atoms with Crippen LogP contribution in [0.15, 0.2) is 0 Å². The van der Waals surface area contributed by atoms with Crippen LogP contribution in [-0.4, -0.2) is 11.6 Å². The fraction of sp³-hybridized carbons (Fsp3) is 1.00. The van der Waals surface area contributed by atoms with Gasteiger partial charge in [0.2, 0.25) is 0 Å². The molecule has 1 N–H and O–H groups in total. The first-order valence-corrected chi connectivity index (χ1v) is 5.61. The van der Waals surface area contributed by atoms with Crippen molar-refractivity contribution in [3.05, 3.63) is 0 Å². The van der Waals surface area contributed by atoms with Crippen LogP contribution < -0.4 is 5.32 Å². The molecule has 1 fully saturated rings. The first-order chi connectivity index (χ1) is 5.83. The van der Waals surface area contributed by atoms with Crippen LogP contribution in [0.2, 0.25) is 0 Å². The van der Waals surface area contributed by atoms with E-state index >= 15 is 0 Å². The Balaban J connectivity index is 2.50. The molecule has 0 atom stereocenters. The monoisotopic (exact) mass is 183 g/mol. The summed E-state index contributed by atoms with van der Waals surface area (Å²) >= 11 is 0. The van der Waals surface area contributed by atoms with E-state index in [0.29, 0.717) is 5.41 Å². The molecule has 0 unspecified atom stereocenters. The summed E-state index contributed by atoms with van der Waals surface area (Å²) in [5, 5.41) is 3.80. The van der Waals surface area contributed by atoms with Gasteiger partial charge < -0.3 is 5.32 Å². The van der Waals surface area contributed by atoms with Crippen molar-refractivity contribution in [2.75, 3.05) is 0 Å². The van der Waals surface area contributed by atoms with Crippen LogP contribution >= 0.6 is 0 Å². The zero-order valence-electron chi connectivity index (χ0n) is 9.91. The summed E-state index contributed by atoms with van der Waals surface area (Å²) in [6.07, 6.45) is 5.58. The van der Waals surface area contributed by atoms with Gasteiger partial charge in [0.1, 0.15) is 0 Å². The molecule has 0 heterocycles. The summed E-state index contributed by atoms with van der Waals surface area (Å²) in [6, 6.07) is 0.772. The molecule has 0 amide bonds. The Labute approximate surface area is 83.3 Å². The van der Waals surface area contributed by atoms with Gasteiger partial charge in [0.15, 0.2) is 0 Å². The minimum atomic E-state index is 0.252. The van der Waals surface area contributed by atoms with E-state index in [0.717, 1.165) is 6.04 Å². The van der Waals surface area contributed by atoms with E-state index in [1.165, 1.54) is 25.7 Å². The van der Waals surface area contributed by atoms with Gasteiger partial charge in [-0.25, -0.2) is 0 Å². The van der Waals surface area contributed by atoms with Gasteiger partial charge in [0.25, 0.3) is 0 Å². The van der Waals surface area contributed by atoms with Crippen molar-refractivity contribution in [1.82, 2.24) is 5.32 Å². The summed E-state index contributed by atoms with van der Waals surface area (Å²) in [5.41, 5.74) is 0.595. The second kappa shape index (κ2) is 3.61. The summed E-state index contributed by atoms with van der Waals surface area (Å²) in [5.74, 6) is 0. The van der Waals surface area contributed by atoms with Crippen molar-refractivity contribution in [3.63, 3.8) is 0 Å². The molecule has 0 bridgehead atoms. The highest BCUT2D eigenvalue weighted by Crippen LogP contribution is 2.32. The molecule has 78 valence electrons. The van der Waals surface area contributed by atoms with Crippen LogP contribution in [0, 0.1) is 5.41 Å². The third kappa shape index (κ3) is 2.70. The van der Waals surface area contributed by atoms with Crippen LogP contribution in [0.1, 0.15) is 60.3 Å². The minimum absolute atomic E-state index is 0.252. The fourth-order valence-electron chi connectivity index (χ4n) is 1.80. The van der Waals surface area contributed by atoms with E-state index < -0.39 is 0 Å². The average Bonchev–Trinajstić information content (AvgIpc) is 2.35. The Kier molecular flexibility index (Phi) is 3.06. The lowest BCUT2D eigenvalue weighted by molar-refractivity contribution is 0.158. The van der Waals surface area contributed by atoms with Gasteiger partial charge in [-0.3, -0.25) is 0 Å². The summed E-state index contributed by atoms with van der Waals surface area (Å²) in [6.45, 7) is 11.6. The van der Waals surface area contributed by atoms with Crippen LogP contribution in [-0.2, 0) is 0 Å². The summed E-state index contributed by atoms with van der Waals surface area (Å²) < 4.78 is 0. The Hall–Kier alpha value is -0.0400. The molecule has 1 aliphatic carbocycles. The maximum absolute atomic E-state index is 3.80. The first-order valence-electron chi connectivity index (χ1n) is 5.61. The lowest BCUT2D eigenvalue weighted by Crippen LogP contribution is -2.53. The minimum Gasteiger partial charge on any atom is -0.309 e. The molecule has 0 saturated heterocycles. The molecule has 0 aromatic rings. The number of nitrogens with one attached hydrogen (secondary N) is 1. The lowest BCUT2D eigenvalue weighted by atomic mass is 9.76. The molecule has 1 saturated carbocycles. The molecule has 1 heteroatoms. The lowest BCUT2D eigenvalue weighted by Gasteiger charge is -2.42. The van der Waals surface area contributed by atoms with E-state index in [1.807, 2.05) is 0 Å². The van der Waals surface area contributed by atoms with Crippen molar-refractivity contribution in [1.29, 1.82) is 0 Å². The highest BCUT2D eigenvalue weighted by atomic mass is 15.0. The van der Waals surface area contributed by atoms with Crippen LogP contribution in [0.4, 0.5) is 0 Å². The van der Waals surface area contributed by atoms with Crippen LogP contribution in [0.5, 0.6) is 0 Å². The Bertz CT molecular complexity index is 158. The Morgan fingerprint density at radius 1 is 0.923 bits per heavy atom. The van der Waals surface area contributed by atoms with Crippen molar-refractivity contribution in [2.45, 2.75) is 71.9 Å². The predicted molar refractivity (Wildman–Crippen MR) is 58.9 cm³/mol. The van der Waals surface area contributed by atoms with E-state index in [1.54, 1.807) is 0 Å². The van der Waals surface area contributed by atoms with E-state index in [9.17, 15) is 0 Å². The maximum atomic E-state index is 3.80. The highest BCUT2D eigenvalue weighted by molar-refractivity contribution is 4.93. The van der Waals surface area contributed by atoms with E-state index in [-0.39, 0.29) is 5.54 Å². The summed E-state index contributed by atoms with van der Waals surface area (Å²) in [4.78, 5) is 0. The van der Waals surface area contributed by atoms with Crippen molar-refractivity contribution < 1.29 is 0 Å². The number of hydrogen-bond donors (Lipinski definition) is 1. The molecule has 1 rings (SSSR count). The van der Waals surface area contributed by atoms with Crippen molar-refractivity contribution >= 4 is 0 Å². The zero-order chi connectivity index (χ0) is 10.1. The normalized spacial score (nSPS) is 21.0. The van der Waals surface area contributed by atoms with Gasteiger partial charge in [-0.1, -0.05) is 33.6 Å². The average molecular weight is 183 g/mol. The van der Waals surface area contributed by atoms with Gasteiger partial charge in [0, 0.05) is 11.6 Å². The van der Waals surface area contributed by atoms with Crippen molar-refractivity contribution in [3.8, 4) is 0 Å². The zero-order valence-corrected chi connectivity index (χ0v) is 9.91. The molecule has 0 aliphatic heterocycles. The molecule has 0 aromatic heterocycles. The van der Waals surface area contributed by atoms with Gasteiger partial charge in [-0.05, 0) is 32.1 Å². The third-order valence-corrected chi connectivity index (χ3v) is 3.80. The molecule has 0 spiro atoms. The molecule has 1 nitrogen and oxygen atoms in total. The predicted octanol–water partition coefficient (Wildman–Crippen LogP) is 3.34. The maximum Gasteiger partial charge on any atom is 0.0176 e. The van der Waals surface area contributed by atoms with Gasteiger partial charge in [-0.2, -0.15) is 0 Å². The quantitative estimate of drug-likeness (QED) is 0.692. The van der Waals surface area contributed by atoms with E-state index in [4.69, 9.17) is 0 Å². The Morgan fingerprint density at radius 2 is 1.38 bits per heavy atom. The van der Waals surface area contributed by atoms with Gasteiger partial charge in [-0.15, -0.1) is 0 Å². The topological polar surface area (TPSA) is 12.0 Å². The van der Waals surface area contributed by atoms with Crippen LogP contribution in [0.3, 0.4) is 0 Å². The largest absolute Gasteiger partial charge is 0.309 e. The fourth-order valence-corrected chi connectivity index (χ4v) is 1.80. The Morgan fingerprint density at radius 3 is 1.77 bits per heavy atom. The molecule has 0 radical (unpaired) electrons. The first kappa shape index (κ1) is 11.0. The molecule has 13 heavy (non-hydrogen) atoms. The van der Waals surface area contributed by atoms with Crippen molar-refractivity contribution in [2.24, 2.45) is 5.41 Å². The highest BCUT2D eigenvalue weighted by Gasteiger charge is 2.34. The standard InChI is InChI=1S/C12H25N/c1-11(2,3)12(4,5)13-10-8-6-7-9-10/h10,13H,6-9H2,1-5H3. The second-order valence-electron chi connectivity index (χ2n) is 6.00. The second-order valence-corrected chi connectivity index (χ2v) is 6.00. The number of rotatable bonds is 2. The SMILES string of the molecule is CC(C)(C)C(C)(C)NC1CCCC1. The third-order valence-electron chi connectivity index (χ3n) is 3.80. The molecular weight excluding hydrogens is 158 g/mol. The van der Waals surface area contributed by atoms with Gasteiger partial charge in [0.05, 0.1) is 0 Å². The van der Waals surface area contributed by atoms with E-state index in [2.05, 4.69) is 39.9 Å². The molecule has 0 aromatic carbocycles. The van der Waals surface area contributed by atoms with Crippen LogP contribution in [0.25, 0.3) is 0 Å². The molecule has 1 aliphatic rings. The van der Waals surface area contributed by atoms with Gasteiger partial charge >= 0.3 is 0 Å². The number of hydrogen-bond acceptors (Lipinski definition) is 1.